The number of carbonyl (C=O) groups is 1. The van der Waals surface area contributed by atoms with E-state index in [4.69, 9.17) is 22.9 Å². The minimum absolute atomic E-state index is 0.000452. The van der Waals surface area contributed by atoms with Gasteiger partial charge in [0.2, 0.25) is 5.69 Å². The first-order chi connectivity index (χ1) is 14.5. The normalized spacial score (nSPS) is 14.6. The summed E-state index contributed by atoms with van der Waals surface area (Å²) >= 11 is 1.47. The molecule has 4 rings (SSSR count). The molecule has 0 saturated heterocycles. The first kappa shape index (κ1) is 19.5. The lowest BCUT2D eigenvalue weighted by Crippen LogP contribution is -2.12. The number of hydrogen-bond donors (Lipinski definition) is 0. The first-order valence-corrected chi connectivity index (χ1v) is 9.86. The van der Waals surface area contributed by atoms with Crippen molar-refractivity contribution in [3.63, 3.8) is 0 Å². The number of esters is 1. The summed E-state index contributed by atoms with van der Waals surface area (Å²) in [6.45, 7) is 18.7. The van der Waals surface area contributed by atoms with Crippen LogP contribution in [0.3, 0.4) is 0 Å². The fraction of sp³-hybridized carbons (Fsp3) is 0.238. The van der Waals surface area contributed by atoms with Gasteiger partial charge in [-0.3, -0.25) is 14.4 Å². The van der Waals surface area contributed by atoms with Crippen LogP contribution < -0.4 is 0 Å². The monoisotopic (exact) mass is 416 g/mol. The zero-order valence-electron chi connectivity index (χ0n) is 16.5. The van der Waals surface area contributed by atoms with E-state index < -0.39 is 12.0 Å². The van der Waals surface area contributed by atoms with Crippen LogP contribution in [0.25, 0.3) is 14.7 Å². The minimum atomic E-state index is -0.618. The van der Waals surface area contributed by atoms with Gasteiger partial charge in [0.15, 0.2) is 11.5 Å². The fourth-order valence-corrected chi connectivity index (χ4v) is 4.59. The lowest BCUT2D eigenvalue weighted by atomic mass is 10.0. The number of methoxy groups -OCH3 is 1. The summed E-state index contributed by atoms with van der Waals surface area (Å²) in [6, 6.07) is 6.43. The van der Waals surface area contributed by atoms with Crippen LogP contribution in [0.1, 0.15) is 40.1 Å². The van der Waals surface area contributed by atoms with Gasteiger partial charge in [-0.1, -0.05) is 24.3 Å². The lowest BCUT2D eigenvalue weighted by molar-refractivity contribution is -0.141. The van der Waals surface area contributed by atoms with Crippen molar-refractivity contribution < 1.29 is 9.53 Å². The molecule has 0 amide bonds. The fourth-order valence-electron chi connectivity index (χ4n) is 3.44. The van der Waals surface area contributed by atoms with Crippen molar-refractivity contribution in [1.29, 1.82) is 0 Å². The SMILES string of the molecule is [C-]#[N+]c1ccc(C2=N[C@@H](CC(=O)OC)c3nnc(C)n3-c3sc(C)c([N+]#[C-])c32)cc1. The van der Waals surface area contributed by atoms with Gasteiger partial charge in [-0.25, -0.2) is 9.69 Å². The molecule has 0 spiro atoms. The summed E-state index contributed by atoms with van der Waals surface area (Å²) in [6.07, 6.45) is -0.000452. The van der Waals surface area contributed by atoms with Crippen molar-refractivity contribution in [1.82, 2.24) is 14.8 Å². The second kappa shape index (κ2) is 7.54. The largest absolute Gasteiger partial charge is 0.469 e. The third-order valence-electron chi connectivity index (χ3n) is 4.88. The number of hydrogen-bond acceptors (Lipinski definition) is 6. The molecule has 30 heavy (non-hydrogen) atoms. The Bertz CT molecular complexity index is 1270. The molecule has 0 saturated carbocycles. The summed E-state index contributed by atoms with van der Waals surface area (Å²) in [5.74, 6) is 0.772. The highest BCUT2D eigenvalue weighted by atomic mass is 32.1. The molecule has 0 aliphatic carbocycles. The first-order valence-electron chi connectivity index (χ1n) is 9.04. The Morgan fingerprint density at radius 2 is 1.93 bits per heavy atom. The van der Waals surface area contributed by atoms with Gasteiger partial charge in [0.05, 0.1) is 37.4 Å². The van der Waals surface area contributed by atoms with Gasteiger partial charge in [-0.2, -0.15) is 0 Å². The van der Waals surface area contributed by atoms with Crippen molar-refractivity contribution in [2.75, 3.05) is 7.11 Å². The van der Waals surface area contributed by atoms with E-state index in [1.807, 2.05) is 30.5 Å². The Balaban J connectivity index is 2.03. The van der Waals surface area contributed by atoms with Gasteiger partial charge in [-0.05, 0) is 19.4 Å². The number of nitrogens with zero attached hydrogens (tertiary/aromatic N) is 6. The molecule has 1 aliphatic rings. The molecular weight excluding hydrogens is 400 g/mol. The molecule has 1 aromatic carbocycles. The number of aromatic nitrogens is 3. The summed E-state index contributed by atoms with van der Waals surface area (Å²) in [4.78, 5) is 25.1. The number of ether oxygens (including phenoxy) is 1. The second-order valence-electron chi connectivity index (χ2n) is 6.67. The molecule has 0 unspecified atom stereocenters. The third kappa shape index (κ3) is 3.06. The Hall–Kier alpha value is -3.82. The van der Waals surface area contributed by atoms with Crippen LogP contribution in [0, 0.1) is 27.0 Å². The summed E-state index contributed by atoms with van der Waals surface area (Å²) in [7, 11) is 1.33. The maximum Gasteiger partial charge on any atom is 0.308 e. The van der Waals surface area contributed by atoms with Crippen LogP contribution >= 0.6 is 11.3 Å². The van der Waals surface area contributed by atoms with Gasteiger partial charge in [-0.15, -0.1) is 21.5 Å². The molecule has 0 radical (unpaired) electrons. The summed E-state index contributed by atoms with van der Waals surface area (Å²) < 4.78 is 6.74. The van der Waals surface area contributed by atoms with Gasteiger partial charge < -0.3 is 4.74 Å². The minimum Gasteiger partial charge on any atom is -0.469 e. The number of thiophene rings is 1. The van der Waals surface area contributed by atoms with E-state index in [1.165, 1.54) is 18.4 Å². The number of rotatable bonds is 3. The standard InChI is InChI=1S/C21H16N6O2S/c1-11-18(23-4)17-19(13-6-8-14(22-3)9-7-13)24-15(10-16(28)29-5)20-26-25-12(2)27(20)21(17)30-11/h6-9,15H,10H2,1-2,5H3/t15-/m0/s1. The molecule has 3 aromatic rings. The van der Waals surface area contributed by atoms with Crippen LogP contribution in [0.15, 0.2) is 29.3 Å². The lowest BCUT2D eigenvalue weighted by Gasteiger charge is -2.11. The highest BCUT2D eigenvalue weighted by Gasteiger charge is 2.33. The maximum absolute atomic E-state index is 12.1. The van der Waals surface area contributed by atoms with E-state index in [-0.39, 0.29) is 6.42 Å². The van der Waals surface area contributed by atoms with Gasteiger partial charge in [0, 0.05) is 10.4 Å². The van der Waals surface area contributed by atoms with Crippen LogP contribution in [-0.2, 0) is 9.53 Å². The van der Waals surface area contributed by atoms with Crippen molar-refractivity contribution in [2.24, 2.45) is 4.99 Å². The van der Waals surface area contributed by atoms with E-state index >= 15 is 0 Å². The summed E-state index contributed by atoms with van der Waals surface area (Å²) in [5.41, 5.74) is 3.08. The summed E-state index contributed by atoms with van der Waals surface area (Å²) in [5, 5.41) is 9.29. The van der Waals surface area contributed by atoms with Crippen molar-refractivity contribution in [3.05, 3.63) is 74.8 Å². The third-order valence-corrected chi connectivity index (χ3v) is 5.96. The Labute approximate surface area is 177 Å². The molecule has 0 fully saturated rings. The molecule has 2 aromatic heterocycles. The number of aliphatic imine (C=N–C) groups is 1. The molecule has 0 N–H and O–H groups in total. The number of fused-ring (bicyclic) bond motifs is 3. The Kier molecular flexibility index (Phi) is 4.90. The zero-order valence-corrected chi connectivity index (χ0v) is 17.3. The van der Waals surface area contributed by atoms with Crippen LogP contribution in [0.4, 0.5) is 11.4 Å². The van der Waals surface area contributed by atoms with Gasteiger partial charge >= 0.3 is 5.97 Å². The molecule has 1 atom stereocenters. The number of aryl methyl sites for hydroxylation is 2. The maximum atomic E-state index is 12.1. The molecular formula is C21H16N6O2S. The van der Waals surface area contributed by atoms with Crippen LogP contribution in [-0.4, -0.2) is 33.6 Å². The van der Waals surface area contributed by atoms with E-state index in [0.717, 1.165) is 15.4 Å². The molecule has 9 heteroatoms. The Morgan fingerprint density at radius 3 is 2.57 bits per heavy atom. The predicted octanol–water partition coefficient (Wildman–Crippen LogP) is 4.50. The molecule has 1 aliphatic heterocycles. The second-order valence-corrected chi connectivity index (χ2v) is 7.88. The number of carbonyl (C=O) groups excluding carboxylic acids is 1. The van der Waals surface area contributed by atoms with Crippen molar-refractivity contribution >= 4 is 34.4 Å². The molecule has 3 heterocycles. The highest BCUT2D eigenvalue weighted by Crippen LogP contribution is 2.43. The van der Waals surface area contributed by atoms with E-state index in [2.05, 4.69) is 19.9 Å². The average molecular weight is 416 g/mol. The topological polar surface area (TPSA) is 78.1 Å². The Morgan fingerprint density at radius 1 is 1.20 bits per heavy atom. The average Bonchev–Trinajstić information content (AvgIpc) is 3.26. The predicted molar refractivity (Wildman–Crippen MR) is 113 cm³/mol. The van der Waals surface area contributed by atoms with Crippen molar-refractivity contribution in [2.45, 2.75) is 26.3 Å². The van der Waals surface area contributed by atoms with Crippen molar-refractivity contribution in [3.8, 4) is 5.00 Å². The van der Waals surface area contributed by atoms with Crippen LogP contribution in [0.2, 0.25) is 0 Å². The quantitative estimate of drug-likeness (QED) is 0.465. The van der Waals surface area contributed by atoms with Gasteiger partial charge in [0.1, 0.15) is 11.9 Å². The van der Waals surface area contributed by atoms with Crippen LogP contribution in [0.5, 0.6) is 0 Å². The van der Waals surface area contributed by atoms with E-state index in [1.54, 1.807) is 12.1 Å². The highest BCUT2D eigenvalue weighted by molar-refractivity contribution is 7.15. The van der Waals surface area contributed by atoms with E-state index in [0.29, 0.717) is 34.3 Å². The molecule has 148 valence electrons. The van der Waals surface area contributed by atoms with E-state index in [9.17, 15) is 4.79 Å². The number of benzene rings is 1. The zero-order chi connectivity index (χ0) is 21.4. The molecule has 0 bridgehead atoms. The van der Waals surface area contributed by atoms with Gasteiger partial charge in [0.25, 0.3) is 0 Å². The smallest absolute Gasteiger partial charge is 0.308 e. The molecule has 8 nitrogen and oxygen atoms in total.